The van der Waals surface area contributed by atoms with Crippen LogP contribution in [0.1, 0.15) is 72.1 Å². The Bertz CT molecular complexity index is 1400. The van der Waals surface area contributed by atoms with E-state index in [2.05, 4.69) is 4.72 Å². The summed E-state index contributed by atoms with van der Waals surface area (Å²) in [6, 6.07) is 17.2. The summed E-state index contributed by atoms with van der Waals surface area (Å²) in [5.41, 5.74) is 5.43. The van der Waals surface area contributed by atoms with Gasteiger partial charge in [-0.15, -0.1) is 0 Å². The first kappa shape index (κ1) is 29.1. The lowest BCUT2D eigenvalue weighted by molar-refractivity contribution is -0.118. The number of benzene rings is 3. The maximum Gasteiger partial charge on any atom is 0.335 e. The van der Waals surface area contributed by atoms with Crippen LogP contribution in [-0.4, -0.2) is 44.4 Å². The summed E-state index contributed by atoms with van der Waals surface area (Å²) in [6.45, 7) is 8.75. The van der Waals surface area contributed by atoms with Gasteiger partial charge in [0.2, 0.25) is 5.91 Å². The van der Waals surface area contributed by atoms with Gasteiger partial charge in [-0.2, -0.15) is 0 Å². The molecule has 0 spiro atoms. The predicted octanol–water partition coefficient (Wildman–Crippen LogP) is 5.41. The van der Waals surface area contributed by atoms with E-state index in [1.165, 1.54) is 12.1 Å². The van der Waals surface area contributed by atoms with Crippen molar-refractivity contribution < 1.29 is 23.1 Å². The van der Waals surface area contributed by atoms with E-state index in [0.29, 0.717) is 6.54 Å². The molecule has 0 radical (unpaired) electrons. The summed E-state index contributed by atoms with van der Waals surface area (Å²) in [4.78, 5) is 26.6. The zero-order valence-corrected chi connectivity index (χ0v) is 23.6. The van der Waals surface area contributed by atoms with Crippen LogP contribution < -0.4 is 4.72 Å². The summed E-state index contributed by atoms with van der Waals surface area (Å²) >= 11 is 0. The van der Waals surface area contributed by atoms with Crippen LogP contribution >= 0.6 is 0 Å². The number of hydrogen-bond acceptors (Lipinski definition) is 5. The molecule has 0 aliphatic rings. The second-order valence-corrected chi connectivity index (χ2v) is 12.1. The van der Waals surface area contributed by atoms with Crippen LogP contribution in [0, 0.1) is 0 Å². The van der Waals surface area contributed by atoms with Gasteiger partial charge >= 0.3 is 5.97 Å². The Morgan fingerprint density at radius 2 is 1.45 bits per heavy atom. The Morgan fingerprint density at radius 3 is 1.95 bits per heavy atom. The van der Waals surface area contributed by atoms with Crippen LogP contribution in [0.4, 0.5) is 0 Å². The van der Waals surface area contributed by atoms with E-state index in [0.717, 1.165) is 33.4 Å². The molecule has 3 aromatic carbocycles. The molecule has 2 N–H and O–H groups in total. The van der Waals surface area contributed by atoms with Crippen LogP contribution in [0.2, 0.25) is 0 Å². The van der Waals surface area contributed by atoms with E-state index in [9.17, 15) is 23.1 Å². The van der Waals surface area contributed by atoms with Crippen LogP contribution in [0.5, 0.6) is 0 Å². The topological polar surface area (TPSA) is 104 Å². The predicted molar refractivity (Wildman–Crippen MR) is 150 cm³/mol. The van der Waals surface area contributed by atoms with Gasteiger partial charge in [0, 0.05) is 6.54 Å². The SMILES string of the molecule is CC(C)c1cc(-c2cccc(C(=O)O)c2)cc(C(C)C)c1CC(=O)NS(=O)(=O)c1ccc(CN(C)C)cc1. The van der Waals surface area contributed by atoms with E-state index < -0.39 is 21.9 Å². The highest BCUT2D eigenvalue weighted by atomic mass is 32.2. The maximum atomic E-state index is 13.1. The van der Waals surface area contributed by atoms with Crippen LogP contribution in [0.3, 0.4) is 0 Å². The van der Waals surface area contributed by atoms with Gasteiger partial charge in [0.05, 0.1) is 16.9 Å². The first-order valence-electron chi connectivity index (χ1n) is 12.6. The molecule has 3 rings (SSSR count). The van der Waals surface area contributed by atoms with Gasteiger partial charge in [-0.3, -0.25) is 4.79 Å². The molecule has 7 nitrogen and oxygen atoms in total. The van der Waals surface area contributed by atoms with Crippen molar-refractivity contribution >= 4 is 21.9 Å². The molecule has 38 heavy (non-hydrogen) atoms. The minimum absolute atomic E-state index is 0.0372. The standard InChI is InChI=1S/C30H36N2O5S/c1-19(2)26-15-24(22-8-7-9-23(14-22)30(34)35)16-27(20(3)4)28(26)17-29(33)31-38(36,37)25-12-10-21(11-13-25)18-32(5)6/h7-16,19-20H,17-18H2,1-6H3,(H,31,33)(H,34,35). The number of aromatic carboxylic acids is 1. The molecular weight excluding hydrogens is 500 g/mol. The summed E-state index contributed by atoms with van der Waals surface area (Å²) in [5, 5.41) is 9.41. The van der Waals surface area contributed by atoms with Gasteiger partial charge in [0.25, 0.3) is 10.0 Å². The van der Waals surface area contributed by atoms with Crippen molar-refractivity contribution in [2.75, 3.05) is 14.1 Å². The molecule has 0 saturated carbocycles. The number of nitrogens with zero attached hydrogens (tertiary/aromatic N) is 1. The molecule has 3 aromatic rings. The molecule has 0 saturated heterocycles. The molecule has 0 bridgehead atoms. The minimum atomic E-state index is -4.02. The number of nitrogens with one attached hydrogen (secondary N) is 1. The molecule has 0 aliphatic heterocycles. The van der Waals surface area contributed by atoms with Crippen molar-refractivity contribution in [2.24, 2.45) is 0 Å². The van der Waals surface area contributed by atoms with Gasteiger partial charge in [-0.25, -0.2) is 17.9 Å². The third-order valence-electron chi connectivity index (χ3n) is 6.32. The van der Waals surface area contributed by atoms with E-state index in [1.54, 1.807) is 30.3 Å². The first-order chi connectivity index (χ1) is 17.8. The van der Waals surface area contributed by atoms with Crippen molar-refractivity contribution in [3.8, 4) is 11.1 Å². The van der Waals surface area contributed by atoms with Gasteiger partial charge in [0.15, 0.2) is 0 Å². The Morgan fingerprint density at radius 1 is 0.868 bits per heavy atom. The summed E-state index contributed by atoms with van der Waals surface area (Å²) < 4.78 is 28.1. The monoisotopic (exact) mass is 536 g/mol. The normalized spacial score (nSPS) is 11.8. The maximum absolute atomic E-state index is 13.1. The number of amides is 1. The van der Waals surface area contributed by atoms with Gasteiger partial charge < -0.3 is 10.0 Å². The molecule has 0 aliphatic carbocycles. The van der Waals surface area contributed by atoms with Crippen LogP contribution in [-0.2, 0) is 27.8 Å². The smallest absolute Gasteiger partial charge is 0.335 e. The fourth-order valence-corrected chi connectivity index (χ4v) is 5.48. The molecule has 0 atom stereocenters. The van der Waals surface area contributed by atoms with E-state index >= 15 is 0 Å². The third-order valence-corrected chi connectivity index (χ3v) is 7.71. The van der Waals surface area contributed by atoms with Crippen LogP contribution in [0.25, 0.3) is 11.1 Å². The van der Waals surface area contributed by atoms with E-state index in [1.807, 2.05) is 64.9 Å². The second-order valence-electron chi connectivity index (χ2n) is 10.4. The lowest BCUT2D eigenvalue weighted by atomic mass is 9.84. The Balaban J connectivity index is 1.94. The van der Waals surface area contributed by atoms with Gasteiger partial charge in [-0.1, -0.05) is 64.1 Å². The number of hydrogen-bond donors (Lipinski definition) is 2. The summed E-state index contributed by atoms with van der Waals surface area (Å²) in [6.07, 6.45) is -0.0889. The highest BCUT2D eigenvalue weighted by Gasteiger charge is 2.23. The zero-order chi connectivity index (χ0) is 28.2. The molecule has 0 heterocycles. The third kappa shape index (κ3) is 7.08. The van der Waals surface area contributed by atoms with Crippen molar-refractivity contribution in [3.05, 3.63) is 88.5 Å². The molecule has 1 amide bonds. The number of rotatable bonds is 10. The van der Waals surface area contributed by atoms with Crippen molar-refractivity contribution in [1.82, 2.24) is 9.62 Å². The Hall–Kier alpha value is -3.49. The quantitative estimate of drug-likeness (QED) is 0.359. The summed E-state index contributed by atoms with van der Waals surface area (Å²) in [7, 11) is -0.160. The number of sulfonamides is 1. The molecule has 0 fully saturated rings. The molecule has 0 aromatic heterocycles. The Kier molecular flexibility index (Phi) is 9.12. The first-order valence-corrected chi connectivity index (χ1v) is 14.1. The van der Waals surface area contributed by atoms with Gasteiger partial charge in [0.1, 0.15) is 0 Å². The molecule has 0 unspecified atom stereocenters. The lowest BCUT2D eigenvalue weighted by Crippen LogP contribution is -2.32. The largest absolute Gasteiger partial charge is 0.478 e. The zero-order valence-electron chi connectivity index (χ0n) is 22.8. The minimum Gasteiger partial charge on any atom is -0.478 e. The number of carboxylic acids is 1. The fourth-order valence-electron chi connectivity index (χ4n) is 4.50. The van der Waals surface area contributed by atoms with Crippen molar-refractivity contribution in [2.45, 2.75) is 57.4 Å². The number of carbonyl (C=O) groups is 2. The average molecular weight is 537 g/mol. The van der Waals surface area contributed by atoms with E-state index in [4.69, 9.17) is 0 Å². The molecule has 202 valence electrons. The average Bonchev–Trinajstić information content (AvgIpc) is 2.83. The van der Waals surface area contributed by atoms with Crippen molar-refractivity contribution in [1.29, 1.82) is 0 Å². The number of carboxylic acid groups (broad SMARTS) is 1. The Labute approximate surface area is 225 Å². The fraction of sp³-hybridized carbons (Fsp3) is 0.333. The highest BCUT2D eigenvalue weighted by molar-refractivity contribution is 7.90. The summed E-state index contributed by atoms with van der Waals surface area (Å²) in [5.74, 6) is -1.49. The highest BCUT2D eigenvalue weighted by Crippen LogP contribution is 2.34. The number of carbonyl (C=O) groups excluding carboxylic acids is 1. The molecule has 8 heteroatoms. The van der Waals surface area contributed by atoms with Crippen molar-refractivity contribution in [3.63, 3.8) is 0 Å². The van der Waals surface area contributed by atoms with Gasteiger partial charge in [-0.05, 0) is 83.6 Å². The molecular formula is C30H36N2O5S. The second kappa shape index (κ2) is 11.9. The lowest BCUT2D eigenvalue weighted by Gasteiger charge is -2.22. The van der Waals surface area contributed by atoms with E-state index in [-0.39, 0.29) is 28.7 Å². The van der Waals surface area contributed by atoms with Crippen LogP contribution in [0.15, 0.2) is 65.6 Å².